The molecule has 4 aromatic carbocycles. The Kier molecular flexibility index (Phi) is 7.09. The number of nitrogens with zero attached hydrogens (tertiary/aromatic N) is 5. The molecular formula is C51H31N7. The largest absolute Gasteiger partial charge is 0.354 e. The zero-order valence-electron chi connectivity index (χ0n) is 31.0. The fraction of sp³-hybridized carbons (Fsp3) is 0. The third-order valence-corrected chi connectivity index (χ3v) is 11.5. The van der Waals surface area contributed by atoms with E-state index in [-0.39, 0.29) is 0 Å². The first kappa shape index (κ1) is 32.2. The molecule has 2 aliphatic heterocycles. The quantitative estimate of drug-likeness (QED) is 0.175. The van der Waals surface area contributed by atoms with E-state index in [1.807, 2.05) is 73.6 Å². The lowest BCUT2D eigenvalue weighted by atomic mass is 9.89. The molecule has 0 unspecified atom stereocenters. The molecule has 0 aliphatic carbocycles. The summed E-state index contributed by atoms with van der Waals surface area (Å²) in [5, 5.41) is 7.39. The highest BCUT2D eigenvalue weighted by atomic mass is 14.8. The van der Waals surface area contributed by atoms with Crippen molar-refractivity contribution in [2.24, 2.45) is 0 Å². The molecule has 2 aliphatic rings. The Morgan fingerprint density at radius 1 is 0.328 bits per heavy atom. The highest BCUT2D eigenvalue weighted by Crippen LogP contribution is 2.43. The number of H-pyrrole nitrogens is 2. The second-order valence-electron chi connectivity index (χ2n) is 14.7. The van der Waals surface area contributed by atoms with E-state index in [9.17, 15) is 0 Å². The Labute approximate surface area is 332 Å². The molecule has 0 atom stereocenters. The van der Waals surface area contributed by atoms with Crippen LogP contribution in [0.5, 0.6) is 0 Å². The maximum absolute atomic E-state index is 5.52. The van der Waals surface area contributed by atoms with E-state index >= 15 is 0 Å². The van der Waals surface area contributed by atoms with Crippen molar-refractivity contribution in [3.8, 4) is 44.5 Å². The van der Waals surface area contributed by atoms with Gasteiger partial charge in [0, 0.05) is 81.5 Å². The SMILES string of the molecule is C1=Cc2nc1c(-c1ccncc1)c1ccc([nH]1)c(-c1ccncc1)c1nc(c(-c3ccc4ccc5cccc6ccc3c4c56)c3ccc([nH]3)c2-c2ccncc2)C=C1. The topological polar surface area (TPSA) is 96.0 Å². The fourth-order valence-electron chi connectivity index (χ4n) is 8.91. The van der Waals surface area contributed by atoms with Gasteiger partial charge in [-0.2, -0.15) is 0 Å². The monoisotopic (exact) mass is 741 g/mol. The number of aromatic amines is 2. The van der Waals surface area contributed by atoms with E-state index in [2.05, 4.69) is 128 Å². The van der Waals surface area contributed by atoms with Crippen LogP contribution in [0.1, 0.15) is 22.8 Å². The summed E-state index contributed by atoms with van der Waals surface area (Å²) in [6, 6.07) is 40.9. The summed E-state index contributed by atoms with van der Waals surface area (Å²) in [5.74, 6) is 0. The molecule has 7 heteroatoms. The second-order valence-corrected chi connectivity index (χ2v) is 14.7. The number of nitrogens with one attached hydrogen (secondary N) is 2. The lowest BCUT2D eigenvalue weighted by molar-refractivity contribution is 1.29. The molecule has 0 spiro atoms. The van der Waals surface area contributed by atoms with Crippen LogP contribution >= 0.6 is 0 Å². The summed E-state index contributed by atoms with van der Waals surface area (Å²) < 4.78 is 0. The molecule has 0 saturated heterocycles. The molecule has 6 aromatic heterocycles. The molecule has 0 saturated carbocycles. The maximum Gasteiger partial charge on any atom is 0.0737 e. The van der Waals surface area contributed by atoms with Crippen LogP contribution in [-0.2, 0) is 0 Å². The van der Waals surface area contributed by atoms with Gasteiger partial charge in [0.1, 0.15) is 0 Å². The van der Waals surface area contributed by atoms with Crippen LogP contribution in [0.2, 0.25) is 0 Å². The minimum Gasteiger partial charge on any atom is -0.354 e. The van der Waals surface area contributed by atoms with Gasteiger partial charge in [-0.05, 0) is 140 Å². The van der Waals surface area contributed by atoms with E-state index in [0.717, 1.165) is 89.4 Å². The van der Waals surface area contributed by atoms with Gasteiger partial charge in [-0.25, -0.2) is 9.97 Å². The number of rotatable bonds is 4. The third kappa shape index (κ3) is 5.04. The van der Waals surface area contributed by atoms with Crippen molar-refractivity contribution in [3.63, 3.8) is 0 Å². The Morgan fingerprint density at radius 2 is 0.707 bits per heavy atom. The molecule has 0 amide bonds. The van der Waals surface area contributed by atoms with Gasteiger partial charge in [-0.1, -0.05) is 54.6 Å². The van der Waals surface area contributed by atoms with E-state index in [1.54, 1.807) is 0 Å². The first-order valence-corrected chi connectivity index (χ1v) is 19.3. The molecule has 8 bridgehead atoms. The Bertz CT molecular complexity index is 3440. The summed E-state index contributed by atoms with van der Waals surface area (Å²) in [7, 11) is 0. The van der Waals surface area contributed by atoms with Crippen molar-refractivity contribution in [1.82, 2.24) is 34.9 Å². The number of hydrogen-bond acceptors (Lipinski definition) is 5. The van der Waals surface area contributed by atoms with Gasteiger partial charge in [0.2, 0.25) is 0 Å². The minimum atomic E-state index is 0.847. The molecule has 10 aromatic rings. The van der Waals surface area contributed by atoms with Crippen LogP contribution in [0.25, 0.3) is 123 Å². The Balaban J connectivity index is 1.27. The van der Waals surface area contributed by atoms with Crippen LogP contribution in [0.3, 0.4) is 0 Å². The van der Waals surface area contributed by atoms with Crippen molar-refractivity contribution < 1.29 is 0 Å². The molecule has 270 valence electrons. The van der Waals surface area contributed by atoms with Gasteiger partial charge >= 0.3 is 0 Å². The molecular weight excluding hydrogens is 711 g/mol. The Hall–Kier alpha value is -8.03. The summed E-state index contributed by atoms with van der Waals surface area (Å²) in [6.45, 7) is 0. The lowest BCUT2D eigenvalue weighted by Gasteiger charge is -2.14. The van der Waals surface area contributed by atoms with Gasteiger partial charge in [-0.15, -0.1) is 0 Å². The predicted octanol–water partition coefficient (Wildman–Crippen LogP) is 12.4. The molecule has 7 nitrogen and oxygen atoms in total. The smallest absolute Gasteiger partial charge is 0.0737 e. The van der Waals surface area contributed by atoms with Gasteiger partial charge < -0.3 is 9.97 Å². The first-order chi connectivity index (χ1) is 28.7. The van der Waals surface area contributed by atoms with Crippen LogP contribution in [0.15, 0.2) is 152 Å². The predicted molar refractivity (Wildman–Crippen MR) is 238 cm³/mol. The molecule has 2 N–H and O–H groups in total. The van der Waals surface area contributed by atoms with Gasteiger partial charge in [0.05, 0.1) is 22.8 Å². The summed E-state index contributed by atoms with van der Waals surface area (Å²) >= 11 is 0. The number of aromatic nitrogens is 7. The third-order valence-electron chi connectivity index (χ3n) is 11.5. The van der Waals surface area contributed by atoms with Gasteiger partial charge in [-0.3, -0.25) is 15.0 Å². The summed E-state index contributed by atoms with van der Waals surface area (Å²) in [4.78, 5) is 31.7. The number of fused-ring (bicyclic) bond motifs is 8. The highest BCUT2D eigenvalue weighted by Gasteiger charge is 2.21. The summed E-state index contributed by atoms with van der Waals surface area (Å²) in [5.41, 5.74) is 15.3. The van der Waals surface area contributed by atoms with Crippen molar-refractivity contribution in [3.05, 3.63) is 175 Å². The minimum absolute atomic E-state index is 0.847. The second kappa shape index (κ2) is 12.8. The van der Waals surface area contributed by atoms with Crippen molar-refractivity contribution in [2.45, 2.75) is 0 Å². The van der Waals surface area contributed by atoms with Crippen LogP contribution < -0.4 is 0 Å². The standard InChI is InChI=1S/C51H31N7/c1-2-30-4-5-32-7-9-37(36-8-6-31(3-1)46(30)47(32)36)51-44-16-14-42(57-44)49(34-20-26-53-27-21-34)40-12-10-38(55-40)48(33-18-24-52-25-19-33)39-11-13-41(56-39)50(35-22-28-54-29-23-35)43-15-17-45(51)58-43/h1-29,55,58H. The first-order valence-electron chi connectivity index (χ1n) is 19.3. The highest BCUT2D eigenvalue weighted by molar-refractivity contribution is 6.26. The lowest BCUT2D eigenvalue weighted by Crippen LogP contribution is -1.91. The van der Waals surface area contributed by atoms with Crippen LogP contribution in [-0.4, -0.2) is 34.9 Å². The normalized spacial score (nSPS) is 12.3. The fourth-order valence-corrected chi connectivity index (χ4v) is 8.91. The zero-order chi connectivity index (χ0) is 38.2. The maximum atomic E-state index is 5.52. The van der Waals surface area contributed by atoms with Gasteiger partial charge in [0.25, 0.3) is 0 Å². The van der Waals surface area contributed by atoms with Gasteiger partial charge in [0.15, 0.2) is 0 Å². The Morgan fingerprint density at radius 3 is 1.17 bits per heavy atom. The molecule has 0 fully saturated rings. The van der Waals surface area contributed by atoms with Crippen molar-refractivity contribution in [2.75, 3.05) is 0 Å². The zero-order valence-corrected chi connectivity index (χ0v) is 31.0. The average Bonchev–Trinajstić information content (AvgIpc) is 4.13. The average molecular weight is 742 g/mol. The van der Waals surface area contributed by atoms with Crippen molar-refractivity contribution in [1.29, 1.82) is 0 Å². The van der Waals surface area contributed by atoms with Crippen LogP contribution in [0, 0.1) is 0 Å². The molecule has 8 heterocycles. The molecule has 12 rings (SSSR count). The van der Waals surface area contributed by atoms with Crippen LogP contribution in [0.4, 0.5) is 0 Å². The molecule has 0 radical (unpaired) electrons. The molecule has 58 heavy (non-hydrogen) atoms. The number of pyridine rings is 3. The van der Waals surface area contributed by atoms with E-state index < -0.39 is 0 Å². The number of hydrogen-bond donors (Lipinski definition) is 2. The van der Waals surface area contributed by atoms with E-state index in [4.69, 9.17) is 9.97 Å². The van der Waals surface area contributed by atoms with Crippen molar-refractivity contribution >= 4 is 78.7 Å². The van der Waals surface area contributed by atoms with E-state index in [0.29, 0.717) is 0 Å². The summed E-state index contributed by atoms with van der Waals surface area (Å²) in [6.07, 6.45) is 19.5. The number of benzene rings is 4. The van der Waals surface area contributed by atoms with E-state index in [1.165, 1.54) is 32.3 Å².